The number of carbonyl (C=O) groups excluding carboxylic acids is 3. The summed E-state index contributed by atoms with van der Waals surface area (Å²) in [5, 5.41) is -0.0234. The Kier molecular flexibility index (Phi) is 6.90. The Balaban J connectivity index is 1.76. The fraction of sp³-hybridized carbons (Fsp3) is 0.550. The molecule has 0 unspecified atom stereocenters. The number of hydrogen-bond donors (Lipinski definition) is 0. The van der Waals surface area contributed by atoms with E-state index in [1.54, 1.807) is 0 Å². The molecule has 0 spiro atoms. The lowest BCUT2D eigenvalue weighted by Crippen LogP contribution is -2.47. The normalized spacial score (nSPS) is 21.7. The first-order valence-electron chi connectivity index (χ1n) is 9.31. The number of hydrogen-bond acceptors (Lipinski definition) is 6. The van der Waals surface area contributed by atoms with Crippen molar-refractivity contribution in [1.29, 1.82) is 0 Å². The van der Waals surface area contributed by atoms with E-state index < -0.39 is 6.09 Å². The van der Waals surface area contributed by atoms with Gasteiger partial charge in [-0.1, -0.05) is 42.1 Å². The lowest BCUT2D eigenvalue weighted by Gasteiger charge is -2.32. The number of ether oxygens (including phenoxy) is 2. The molecule has 6 nitrogen and oxygen atoms in total. The SMILES string of the molecule is CC(=O)SC[C@@H](C(=O)N1C(=O)OC[C@H]1Cc1ccccc1)C1CCOCC1. The Morgan fingerprint density at radius 3 is 2.59 bits per heavy atom. The maximum atomic E-state index is 13.3. The number of imide groups is 1. The highest BCUT2D eigenvalue weighted by Crippen LogP contribution is 2.31. The Morgan fingerprint density at radius 1 is 1.22 bits per heavy atom. The average molecular weight is 391 g/mol. The van der Waals surface area contributed by atoms with Gasteiger partial charge in [-0.25, -0.2) is 9.69 Å². The third-order valence-corrected chi connectivity index (χ3v) is 6.06. The molecular formula is C20H25NO5S. The minimum atomic E-state index is -0.578. The molecule has 146 valence electrons. The molecule has 1 aromatic carbocycles. The van der Waals surface area contributed by atoms with Gasteiger partial charge in [0.25, 0.3) is 0 Å². The van der Waals surface area contributed by atoms with Crippen LogP contribution >= 0.6 is 11.8 Å². The van der Waals surface area contributed by atoms with Gasteiger partial charge in [0.1, 0.15) is 6.61 Å². The second-order valence-electron chi connectivity index (χ2n) is 6.99. The van der Waals surface area contributed by atoms with E-state index in [0.29, 0.717) is 25.4 Å². The van der Waals surface area contributed by atoms with Crippen molar-refractivity contribution in [2.45, 2.75) is 32.2 Å². The molecule has 7 heteroatoms. The molecule has 2 heterocycles. The van der Waals surface area contributed by atoms with Crippen LogP contribution in [-0.4, -0.2) is 53.6 Å². The molecule has 2 saturated heterocycles. The summed E-state index contributed by atoms with van der Waals surface area (Å²) in [4.78, 5) is 38.4. The van der Waals surface area contributed by atoms with E-state index in [1.807, 2.05) is 30.3 Å². The van der Waals surface area contributed by atoms with Crippen LogP contribution in [0, 0.1) is 11.8 Å². The maximum absolute atomic E-state index is 13.3. The Hall–Kier alpha value is -1.86. The number of rotatable bonds is 6. The van der Waals surface area contributed by atoms with Crippen molar-refractivity contribution in [2.75, 3.05) is 25.6 Å². The fourth-order valence-electron chi connectivity index (χ4n) is 3.68. The van der Waals surface area contributed by atoms with E-state index in [-0.39, 0.29) is 35.5 Å². The summed E-state index contributed by atoms with van der Waals surface area (Å²) in [6.07, 6.45) is 1.52. The van der Waals surface area contributed by atoms with Gasteiger partial charge in [0.15, 0.2) is 5.12 Å². The Bertz CT molecular complexity index is 674. The molecule has 0 N–H and O–H groups in total. The lowest BCUT2D eigenvalue weighted by molar-refractivity contribution is -0.135. The smallest absolute Gasteiger partial charge is 0.416 e. The molecular weight excluding hydrogens is 366 g/mol. The topological polar surface area (TPSA) is 72.9 Å². The Morgan fingerprint density at radius 2 is 1.93 bits per heavy atom. The number of nitrogens with zero attached hydrogens (tertiary/aromatic N) is 1. The van der Waals surface area contributed by atoms with Gasteiger partial charge in [-0.2, -0.15) is 0 Å². The number of carbonyl (C=O) groups is 3. The molecule has 0 bridgehead atoms. The van der Waals surface area contributed by atoms with Crippen molar-refractivity contribution >= 4 is 28.9 Å². The zero-order valence-corrected chi connectivity index (χ0v) is 16.3. The maximum Gasteiger partial charge on any atom is 0.416 e. The minimum absolute atomic E-state index is 0.0234. The third-order valence-electron chi connectivity index (χ3n) is 5.13. The lowest BCUT2D eigenvalue weighted by atomic mass is 9.86. The van der Waals surface area contributed by atoms with Crippen LogP contribution in [0.2, 0.25) is 0 Å². The summed E-state index contributed by atoms with van der Waals surface area (Å²) in [6.45, 7) is 2.92. The molecule has 2 fully saturated rings. The highest BCUT2D eigenvalue weighted by molar-refractivity contribution is 8.13. The molecule has 2 aliphatic heterocycles. The van der Waals surface area contributed by atoms with Gasteiger partial charge < -0.3 is 9.47 Å². The van der Waals surface area contributed by atoms with Crippen LogP contribution in [0.3, 0.4) is 0 Å². The first kappa shape index (κ1) is 19.9. The highest BCUT2D eigenvalue weighted by atomic mass is 32.2. The summed E-state index contributed by atoms with van der Waals surface area (Å²) < 4.78 is 10.6. The molecule has 27 heavy (non-hydrogen) atoms. The molecule has 0 aromatic heterocycles. The van der Waals surface area contributed by atoms with Gasteiger partial charge >= 0.3 is 6.09 Å². The first-order valence-corrected chi connectivity index (χ1v) is 10.3. The van der Waals surface area contributed by atoms with E-state index in [0.717, 1.165) is 30.2 Å². The fourth-order valence-corrected chi connectivity index (χ4v) is 4.51. The molecule has 3 rings (SSSR count). The van der Waals surface area contributed by atoms with Crippen LogP contribution in [0.4, 0.5) is 4.79 Å². The van der Waals surface area contributed by atoms with Crippen LogP contribution in [-0.2, 0) is 25.5 Å². The summed E-state index contributed by atoms with van der Waals surface area (Å²) in [5.74, 6) is -0.101. The third kappa shape index (κ3) is 5.11. The zero-order valence-electron chi connectivity index (χ0n) is 15.5. The quantitative estimate of drug-likeness (QED) is 0.742. The number of cyclic esters (lactones) is 1. The Labute approximate surface area is 163 Å². The van der Waals surface area contributed by atoms with Crippen molar-refractivity contribution < 1.29 is 23.9 Å². The van der Waals surface area contributed by atoms with E-state index >= 15 is 0 Å². The van der Waals surface area contributed by atoms with Crippen LogP contribution < -0.4 is 0 Å². The van der Waals surface area contributed by atoms with Gasteiger partial charge in [-0.3, -0.25) is 9.59 Å². The second kappa shape index (κ2) is 9.37. The summed E-state index contributed by atoms with van der Waals surface area (Å²) in [5.41, 5.74) is 1.05. The van der Waals surface area contributed by atoms with Gasteiger partial charge in [-0.05, 0) is 30.7 Å². The molecule has 0 aliphatic carbocycles. The van der Waals surface area contributed by atoms with Crippen molar-refractivity contribution in [3.8, 4) is 0 Å². The number of thioether (sulfide) groups is 1. The van der Waals surface area contributed by atoms with Gasteiger partial charge in [-0.15, -0.1) is 0 Å². The van der Waals surface area contributed by atoms with Crippen LogP contribution in [0.5, 0.6) is 0 Å². The van der Waals surface area contributed by atoms with E-state index in [4.69, 9.17) is 9.47 Å². The molecule has 2 aliphatic rings. The van der Waals surface area contributed by atoms with Gasteiger partial charge in [0, 0.05) is 25.9 Å². The van der Waals surface area contributed by atoms with Crippen LogP contribution in [0.1, 0.15) is 25.3 Å². The zero-order chi connectivity index (χ0) is 19.2. The standard InChI is InChI=1S/C20H25NO5S/c1-14(22)27-13-18(16-7-9-25-10-8-16)19(23)21-17(12-26-20(21)24)11-15-5-3-2-4-6-15/h2-6,16-18H,7-13H2,1H3/t17-,18-/m1/s1. The van der Waals surface area contributed by atoms with Gasteiger partial charge in [0.05, 0.1) is 12.0 Å². The monoisotopic (exact) mass is 391 g/mol. The summed E-state index contributed by atoms with van der Waals surface area (Å²) in [6, 6.07) is 9.46. The number of amides is 2. The first-order chi connectivity index (χ1) is 13.1. The summed E-state index contributed by atoms with van der Waals surface area (Å²) >= 11 is 1.15. The molecule has 0 saturated carbocycles. The predicted molar refractivity (Wildman–Crippen MR) is 102 cm³/mol. The molecule has 2 amide bonds. The molecule has 1 aromatic rings. The van der Waals surface area contributed by atoms with Crippen molar-refractivity contribution in [3.63, 3.8) is 0 Å². The predicted octanol–water partition coefficient (Wildman–Crippen LogP) is 2.90. The van der Waals surface area contributed by atoms with Crippen LogP contribution in [0.15, 0.2) is 30.3 Å². The van der Waals surface area contributed by atoms with Crippen molar-refractivity contribution in [2.24, 2.45) is 11.8 Å². The van der Waals surface area contributed by atoms with Gasteiger partial charge in [0.2, 0.25) is 5.91 Å². The average Bonchev–Trinajstić information content (AvgIpc) is 3.03. The van der Waals surface area contributed by atoms with E-state index in [2.05, 4.69) is 0 Å². The summed E-state index contributed by atoms with van der Waals surface area (Å²) in [7, 11) is 0. The molecule has 0 radical (unpaired) electrons. The van der Waals surface area contributed by atoms with Crippen molar-refractivity contribution in [3.05, 3.63) is 35.9 Å². The largest absolute Gasteiger partial charge is 0.447 e. The second-order valence-corrected chi connectivity index (χ2v) is 8.18. The van der Waals surface area contributed by atoms with E-state index in [9.17, 15) is 14.4 Å². The molecule has 2 atom stereocenters. The van der Waals surface area contributed by atoms with Crippen LogP contribution in [0.25, 0.3) is 0 Å². The number of benzene rings is 1. The highest BCUT2D eigenvalue weighted by Gasteiger charge is 2.43. The van der Waals surface area contributed by atoms with Crippen molar-refractivity contribution in [1.82, 2.24) is 4.90 Å². The minimum Gasteiger partial charge on any atom is -0.447 e. The van der Waals surface area contributed by atoms with E-state index in [1.165, 1.54) is 11.8 Å².